The lowest BCUT2D eigenvalue weighted by Gasteiger charge is -2.16. The molecule has 2 nitrogen and oxygen atoms in total. The molecule has 1 rings (SSSR count). The van der Waals surface area contributed by atoms with E-state index < -0.39 is 0 Å². The van der Waals surface area contributed by atoms with Crippen LogP contribution in [0.4, 0.5) is 0 Å². The van der Waals surface area contributed by atoms with Gasteiger partial charge in [0.25, 0.3) is 0 Å². The number of hydrogen-bond acceptors (Lipinski definition) is 2. The van der Waals surface area contributed by atoms with Gasteiger partial charge in [-0.15, -0.1) is 0 Å². The topological polar surface area (TPSA) is 29.5 Å². The Kier molecular flexibility index (Phi) is 5.91. The van der Waals surface area contributed by atoms with Crippen LogP contribution < -0.4 is 0 Å². The average molecular weight is 273 g/mol. The van der Waals surface area contributed by atoms with E-state index in [-0.39, 0.29) is 12.7 Å². The molecular weight excluding hydrogens is 256 g/mol. The highest BCUT2D eigenvalue weighted by Gasteiger charge is 2.08. The Hall–Kier alpha value is -0.380. The van der Waals surface area contributed by atoms with Gasteiger partial charge >= 0.3 is 0 Å². The van der Waals surface area contributed by atoms with Crippen LogP contribution in [0.5, 0.6) is 0 Å². The molecule has 0 saturated heterocycles. The molecule has 1 unspecified atom stereocenters. The molecule has 1 aromatic rings. The summed E-state index contributed by atoms with van der Waals surface area (Å²) in [7, 11) is 0. The maximum Gasteiger partial charge on any atom is 0.0822 e. The molecule has 0 saturated carbocycles. The standard InChI is InChI=1S/C12H17BrO2/c1-2-12(15-9-3-8-14)10-4-6-11(13)7-5-10/h4-7,12,14H,2-3,8-9H2,1H3. The quantitative estimate of drug-likeness (QED) is 0.806. The number of halogens is 1. The number of ether oxygens (including phenoxy) is 1. The van der Waals surface area contributed by atoms with Crippen LogP contribution in [0.25, 0.3) is 0 Å². The predicted octanol–water partition coefficient (Wildman–Crippen LogP) is 3.30. The van der Waals surface area contributed by atoms with Crippen LogP contribution in [-0.2, 0) is 4.74 Å². The summed E-state index contributed by atoms with van der Waals surface area (Å²) in [5.41, 5.74) is 1.19. The fourth-order valence-electron chi connectivity index (χ4n) is 1.42. The molecule has 15 heavy (non-hydrogen) atoms. The molecule has 0 aromatic heterocycles. The zero-order valence-corrected chi connectivity index (χ0v) is 10.5. The SMILES string of the molecule is CCC(OCCCO)c1ccc(Br)cc1. The molecule has 0 fully saturated rings. The van der Waals surface area contributed by atoms with Crippen molar-refractivity contribution < 1.29 is 9.84 Å². The van der Waals surface area contributed by atoms with E-state index in [0.29, 0.717) is 13.0 Å². The molecule has 1 atom stereocenters. The third-order valence-electron chi connectivity index (χ3n) is 2.23. The molecule has 1 N–H and O–H groups in total. The van der Waals surface area contributed by atoms with Gasteiger partial charge < -0.3 is 9.84 Å². The molecule has 3 heteroatoms. The lowest BCUT2D eigenvalue weighted by molar-refractivity contribution is 0.0409. The largest absolute Gasteiger partial charge is 0.396 e. The summed E-state index contributed by atoms with van der Waals surface area (Å²) >= 11 is 3.41. The smallest absolute Gasteiger partial charge is 0.0822 e. The highest BCUT2D eigenvalue weighted by atomic mass is 79.9. The summed E-state index contributed by atoms with van der Waals surface area (Å²) in [5.74, 6) is 0. The first-order chi connectivity index (χ1) is 7.27. The van der Waals surface area contributed by atoms with E-state index >= 15 is 0 Å². The van der Waals surface area contributed by atoms with Crippen molar-refractivity contribution in [1.82, 2.24) is 0 Å². The third-order valence-corrected chi connectivity index (χ3v) is 2.76. The molecule has 0 aliphatic carbocycles. The van der Waals surface area contributed by atoms with Crippen LogP contribution in [0.2, 0.25) is 0 Å². The van der Waals surface area contributed by atoms with Crippen LogP contribution in [0, 0.1) is 0 Å². The molecule has 0 aliphatic rings. The summed E-state index contributed by atoms with van der Waals surface area (Å²) in [6, 6.07) is 8.18. The first kappa shape index (κ1) is 12.7. The predicted molar refractivity (Wildman–Crippen MR) is 64.8 cm³/mol. The van der Waals surface area contributed by atoms with E-state index in [9.17, 15) is 0 Å². The van der Waals surface area contributed by atoms with Gasteiger partial charge in [0.05, 0.1) is 6.10 Å². The Morgan fingerprint density at radius 2 is 2.00 bits per heavy atom. The van der Waals surface area contributed by atoms with Crippen LogP contribution in [0.3, 0.4) is 0 Å². The highest BCUT2D eigenvalue weighted by Crippen LogP contribution is 2.22. The van der Waals surface area contributed by atoms with Gasteiger partial charge in [-0.1, -0.05) is 35.0 Å². The second-order valence-corrected chi connectivity index (χ2v) is 4.31. The second-order valence-electron chi connectivity index (χ2n) is 3.40. The first-order valence-electron chi connectivity index (χ1n) is 5.25. The lowest BCUT2D eigenvalue weighted by atomic mass is 10.1. The Labute approximate surface area is 99.4 Å². The Bertz CT molecular complexity index is 271. The minimum absolute atomic E-state index is 0.143. The monoisotopic (exact) mass is 272 g/mol. The fourth-order valence-corrected chi connectivity index (χ4v) is 1.68. The van der Waals surface area contributed by atoms with Gasteiger partial charge in [0, 0.05) is 17.7 Å². The zero-order valence-electron chi connectivity index (χ0n) is 8.95. The molecule has 1 aromatic carbocycles. The Morgan fingerprint density at radius 3 is 2.53 bits per heavy atom. The molecule has 0 aliphatic heterocycles. The molecule has 0 radical (unpaired) electrons. The fraction of sp³-hybridized carbons (Fsp3) is 0.500. The van der Waals surface area contributed by atoms with Crippen molar-refractivity contribution in [3.63, 3.8) is 0 Å². The van der Waals surface area contributed by atoms with Crippen molar-refractivity contribution in [3.8, 4) is 0 Å². The molecule has 0 bridgehead atoms. The van der Waals surface area contributed by atoms with Crippen molar-refractivity contribution in [2.24, 2.45) is 0 Å². The van der Waals surface area contributed by atoms with Gasteiger partial charge in [0.2, 0.25) is 0 Å². The second kappa shape index (κ2) is 6.99. The van der Waals surface area contributed by atoms with Crippen LogP contribution >= 0.6 is 15.9 Å². The van der Waals surface area contributed by atoms with Gasteiger partial charge in [-0.3, -0.25) is 0 Å². The molecule has 84 valence electrons. The Morgan fingerprint density at radius 1 is 1.33 bits per heavy atom. The summed E-state index contributed by atoms with van der Waals surface area (Å²) in [6.07, 6.45) is 1.80. The normalized spacial score (nSPS) is 12.7. The summed E-state index contributed by atoms with van der Waals surface area (Å²) < 4.78 is 6.76. The Balaban J connectivity index is 2.53. The van der Waals surface area contributed by atoms with E-state index in [1.54, 1.807) is 0 Å². The van der Waals surface area contributed by atoms with E-state index in [0.717, 1.165) is 10.9 Å². The average Bonchev–Trinajstić information content (AvgIpc) is 2.26. The van der Waals surface area contributed by atoms with E-state index in [4.69, 9.17) is 9.84 Å². The number of rotatable bonds is 6. The molecule has 0 amide bonds. The van der Waals surface area contributed by atoms with Crippen LogP contribution in [0.15, 0.2) is 28.7 Å². The number of aliphatic hydroxyl groups excluding tert-OH is 1. The van der Waals surface area contributed by atoms with Gasteiger partial charge in [-0.25, -0.2) is 0 Å². The number of benzene rings is 1. The van der Waals surface area contributed by atoms with Crippen molar-refractivity contribution >= 4 is 15.9 Å². The summed E-state index contributed by atoms with van der Waals surface area (Å²) in [6.45, 7) is 2.91. The number of aliphatic hydroxyl groups is 1. The van der Waals surface area contributed by atoms with Crippen molar-refractivity contribution in [2.75, 3.05) is 13.2 Å². The highest BCUT2D eigenvalue weighted by molar-refractivity contribution is 9.10. The van der Waals surface area contributed by atoms with Crippen molar-refractivity contribution in [2.45, 2.75) is 25.9 Å². The maximum absolute atomic E-state index is 8.67. The first-order valence-corrected chi connectivity index (χ1v) is 6.05. The minimum Gasteiger partial charge on any atom is -0.396 e. The molecular formula is C12H17BrO2. The summed E-state index contributed by atoms with van der Waals surface area (Å²) in [5, 5.41) is 8.67. The van der Waals surface area contributed by atoms with Gasteiger partial charge in [-0.2, -0.15) is 0 Å². The van der Waals surface area contributed by atoms with E-state index in [2.05, 4.69) is 35.0 Å². The van der Waals surface area contributed by atoms with Crippen LogP contribution in [0.1, 0.15) is 31.4 Å². The van der Waals surface area contributed by atoms with Crippen molar-refractivity contribution in [1.29, 1.82) is 0 Å². The number of hydrogen-bond donors (Lipinski definition) is 1. The van der Waals surface area contributed by atoms with Gasteiger partial charge in [0.1, 0.15) is 0 Å². The van der Waals surface area contributed by atoms with Gasteiger partial charge in [0.15, 0.2) is 0 Å². The maximum atomic E-state index is 8.67. The third kappa shape index (κ3) is 4.33. The molecule has 0 spiro atoms. The minimum atomic E-state index is 0.143. The van der Waals surface area contributed by atoms with Crippen molar-refractivity contribution in [3.05, 3.63) is 34.3 Å². The van der Waals surface area contributed by atoms with E-state index in [1.165, 1.54) is 5.56 Å². The van der Waals surface area contributed by atoms with Crippen LogP contribution in [-0.4, -0.2) is 18.3 Å². The van der Waals surface area contributed by atoms with E-state index in [1.807, 2.05) is 12.1 Å². The lowest BCUT2D eigenvalue weighted by Crippen LogP contribution is -2.05. The zero-order chi connectivity index (χ0) is 11.1. The van der Waals surface area contributed by atoms with Gasteiger partial charge in [-0.05, 0) is 30.5 Å². The molecule has 0 heterocycles. The summed E-state index contributed by atoms with van der Waals surface area (Å²) in [4.78, 5) is 0.